The third kappa shape index (κ3) is 4.93. The molecule has 1 aliphatic rings. The van der Waals surface area contributed by atoms with Gasteiger partial charge in [0.25, 0.3) is 0 Å². The van der Waals surface area contributed by atoms with E-state index in [0.717, 1.165) is 35.7 Å². The predicted molar refractivity (Wildman–Crippen MR) is 88.2 cm³/mol. The summed E-state index contributed by atoms with van der Waals surface area (Å²) in [4.78, 5) is 8.84. The lowest BCUT2D eigenvalue weighted by molar-refractivity contribution is 0.373. The largest absolute Gasteiger partial charge is 0.369 e. The van der Waals surface area contributed by atoms with Crippen molar-refractivity contribution in [2.45, 2.75) is 51.9 Å². The van der Waals surface area contributed by atoms with Crippen molar-refractivity contribution >= 4 is 27.7 Å². The van der Waals surface area contributed by atoms with Crippen LogP contribution in [0.15, 0.2) is 10.7 Å². The van der Waals surface area contributed by atoms with E-state index in [2.05, 4.69) is 43.5 Å². The smallest absolute Gasteiger partial charge is 0.224 e. The van der Waals surface area contributed by atoms with Crippen LogP contribution in [-0.4, -0.2) is 23.1 Å². The number of halogens is 1. The molecule has 2 N–H and O–H groups in total. The zero-order valence-corrected chi connectivity index (χ0v) is 13.9. The summed E-state index contributed by atoms with van der Waals surface area (Å²) in [5.41, 5.74) is 0. The van der Waals surface area contributed by atoms with Crippen LogP contribution < -0.4 is 10.6 Å². The zero-order chi connectivity index (χ0) is 14.2. The van der Waals surface area contributed by atoms with E-state index in [9.17, 15) is 0 Å². The molecule has 5 heteroatoms. The number of unbranched alkanes of at least 4 members (excludes halogenated alkanes) is 1. The Kier molecular flexibility index (Phi) is 6.57. The van der Waals surface area contributed by atoms with Gasteiger partial charge in [0.2, 0.25) is 5.95 Å². The maximum Gasteiger partial charge on any atom is 0.224 e. The Hall–Kier alpha value is -0.840. The second-order valence-corrected chi connectivity index (χ2v) is 6.41. The summed E-state index contributed by atoms with van der Waals surface area (Å²) >= 11 is 3.52. The van der Waals surface area contributed by atoms with Gasteiger partial charge >= 0.3 is 0 Å². The highest BCUT2D eigenvalue weighted by molar-refractivity contribution is 9.10. The maximum absolute atomic E-state index is 4.55. The van der Waals surface area contributed by atoms with Gasteiger partial charge < -0.3 is 10.6 Å². The summed E-state index contributed by atoms with van der Waals surface area (Å²) < 4.78 is 0.939. The van der Waals surface area contributed by atoms with Gasteiger partial charge in [0.1, 0.15) is 5.82 Å². The molecule has 20 heavy (non-hydrogen) atoms. The maximum atomic E-state index is 4.55. The van der Waals surface area contributed by atoms with Crippen molar-refractivity contribution in [2.75, 3.05) is 23.7 Å². The van der Waals surface area contributed by atoms with Crippen molar-refractivity contribution in [1.82, 2.24) is 9.97 Å². The van der Waals surface area contributed by atoms with E-state index >= 15 is 0 Å². The van der Waals surface area contributed by atoms with Crippen LogP contribution in [0.4, 0.5) is 11.8 Å². The summed E-state index contributed by atoms with van der Waals surface area (Å²) in [5, 5.41) is 6.74. The molecule has 1 saturated carbocycles. The molecule has 2 rings (SSSR count). The first kappa shape index (κ1) is 15.5. The lowest BCUT2D eigenvalue weighted by Crippen LogP contribution is -2.18. The van der Waals surface area contributed by atoms with Crippen LogP contribution in [0.2, 0.25) is 0 Å². The number of hydrogen-bond donors (Lipinski definition) is 2. The van der Waals surface area contributed by atoms with Crippen LogP contribution in [0.1, 0.15) is 51.9 Å². The monoisotopic (exact) mass is 340 g/mol. The van der Waals surface area contributed by atoms with Gasteiger partial charge in [-0.15, -0.1) is 0 Å². The molecule has 1 aliphatic carbocycles. The van der Waals surface area contributed by atoms with Gasteiger partial charge in [0, 0.05) is 19.3 Å². The van der Waals surface area contributed by atoms with Gasteiger partial charge in [0.15, 0.2) is 0 Å². The fourth-order valence-electron chi connectivity index (χ4n) is 2.59. The quantitative estimate of drug-likeness (QED) is 0.720. The molecule has 0 aromatic carbocycles. The molecule has 1 fully saturated rings. The van der Waals surface area contributed by atoms with Crippen LogP contribution in [0, 0.1) is 5.92 Å². The van der Waals surface area contributed by atoms with E-state index in [1.54, 1.807) is 0 Å². The molecule has 0 unspecified atom stereocenters. The van der Waals surface area contributed by atoms with Crippen molar-refractivity contribution in [3.63, 3.8) is 0 Å². The van der Waals surface area contributed by atoms with E-state index in [1.165, 1.54) is 38.5 Å². The van der Waals surface area contributed by atoms with Crippen molar-refractivity contribution in [2.24, 2.45) is 5.92 Å². The van der Waals surface area contributed by atoms with Gasteiger partial charge in [-0.05, 0) is 41.1 Å². The summed E-state index contributed by atoms with van der Waals surface area (Å²) in [5.74, 6) is 2.42. The fraction of sp³-hybridized carbons (Fsp3) is 0.733. The number of aromatic nitrogens is 2. The Bertz CT molecular complexity index is 405. The Morgan fingerprint density at radius 1 is 1.25 bits per heavy atom. The highest BCUT2D eigenvalue weighted by Crippen LogP contribution is 2.25. The van der Waals surface area contributed by atoms with Crippen molar-refractivity contribution < 1.29 is 0 Å². The minimum absolute atomic E-state index is 0.716. The molecule has 1 aromatic rings. The molecule has 0 atom stereocenters. The Morgan fingerprint density at radius 2 is 2.05 bits per heavy atom. The summed E-state index contributed by atoms with van der Waals surface area (Å²) in [6, 6.07) is 0. The SMILES string of the molecule is CCCCNc1ncc(Br)c(NCC2CCCCC2)n1. The number of nitrogens with zero attached hydrogens (tertiary/aromatic N) is 2. The first-order valence-electron chi connectivity index (χ1n) is 7.80. The number of hydrogen-bond acceptors (Lipinski definition) is 4. The standard InChI is InChI=1S/C15H25BrN4/c1-2-3-9-17-15-19-11-13(16)14(20-15)18-10-12-7-5-4-6-8-12/h11-12H,2-10H2,1H3,(H2,17,18,19,20). The van der Waals surface area contributed by atoms with Crippen LogP contribution in [0.25, 0.3) is 0 Å². The molecule has 112 valence electrons. The Labute approximate surface area is 130 Å². The predicted octanol–water partition coefficient (Wildman–Crippen LogP) is 4.44. The second-order valence-electron chi connectivity index (χ2n) is 5.56. The molecule has 0 aliphatic heterocycles. The lowest BCUT2D eigenvalue weighted by Gasteiger charge is -2.22. The number of rotatable bonds is 7. The lowest BCUT2D eigenvalue weighted by atomic mass is 9.89. The molecule has 0 amide bonds. The zero-order valence-electron chi connectivity index (χ0n) is 12.3. The van der Waals surface area contributed by atoms with E-state index in [-0.39, 0.29) is 0 Å². The van der Waals surface area contributed by atoms with Crippen LogP contribution in [-0.2, 0) is 0 Å². The third-order valence-electron chi connectivity index (χ3n) is 3.84. The van der Waals surface area contributed by atoms with Crippen molar-refractivity contribution in [1.29, 1.82) is 0 Å². The minimum Gasteiger partial charge on any atom is -0.369 e. The molecule has 0 radical (unpaired) electrons. The highest BCUT2D eigenvalue weighted by Gasteiger charge is 2.14. The summed E-state index contributed by atoms with van der Waals surface area (Å²) in [6.07, 6.45) is 11.0. The van der Waals surface area contributed by atoms with Crippen LogP contribution >= 0.6 is 15.9 Å². The molecule has 0 saturated heterocycles. The first-order valence-corrected chi connectivity index (χ1v) is 8.59. The van der Waals surface area contributed by atoms with E-state index < -0.39 is 0 Å². The normalized spacial score (nSPS) is 16.1. The minimum atomic E-state index is 0.716. The van der Waals surface area contributed by atoms with E-state index in [4.69, 9.17) is 0 Å². The average molecular weight is 341 g/mol. The van der Waals surface area contributed by atoms with Crippen LogP contribution in [0.3, 0.4) is 0 Å². The van der Waals surface area contributed by atoms with Crippen molar-refractivity contribution in [3.8, 4) is 0 Å². The van der Waals surface area contributed by atoms with E-state index in [1.807, 2.05) is 6.20 Å². The summed E-state index contributed by atoms with van der Waals surface area (Å²) in [7, 11) is 0. The second kappa shape index (κ2) is 8.45. The number of anilines is 2. The van der Waals surface area contributed by atoms with Gasteiger partial charge in [-0.3, -0.25) is 0 Å². The molecule has 0 spiro atoms. The molecule has 1 aromatic heterocycles. The van der Waals surface area contributed by atoms with Gasteiger partial charge in [-0.2, -0.15) is 4.98 Å². The van der Waals surface area contributed by atoms with Gasteiger partial charge in [-0.1, -0.05) is 32.6 Å². The topological polar surface area (TPSA) is 49.8 Å². The third-order valence-corrected chi connectivity index (χ3v) is 4.42. The Balaban J connectivity index is 1.86. The fourth-order valence-corrected chi connectivity index (χ4v) is 2.92. The van der Waals surface area contributed by atoms with E-state index in [0.29, 0.717) is 5.95 Å². The first-order chi connectivity index (χ1) is 9.79. The molecule has 1 heterocycles. The molecular weight excluding hydrogens is 316 g/mol. The van der Waals surface area contributed by atoms with Crippen LogP contribution in [0.5, 0.6) is 0 Å². The number of nitrogens with one attached hydrogen (secondary N) is 2. The van der Waals surface area contributed by atoms with Gasteiger partial charge in [0.05, 0.1) is 4.47 Å². The average Bonchev–Trinajstić information content (AvgIpc) is 2.49. The van der Waals surface area contributed by atoms with Crippen molar-refractivity contribution in [3.05, 3.63) is 10.7 Å². The molecule has 0 bridgehead atoms. The Morgan fingerprint density at radius 3 is 2.80 bits per heavy atom. The highest BCUT2D eigenvalue weighted by atomic mass is 79.9. The summed E-state index contributed by atoms with van der Waals surface area (Å²) in [6.45, 7) is 4.13. The molecule has 4 nitrogen and oxygen atoms in total. The molecular formula is C15H25BrN4. The van der Waals surface area contributed by atoms with Gasteiger partial charge in [-0.25, -0.2) is 4.98 Å².